The predicted octanol–water partition coefficient (Wildman–Crippen LogP) is 5.83. The molecule has 0 aliphatic heterocycles. The third kappa shape index (κ3) is 5.61. The van der Waals surface area contributed by atoms with Crippen LogP contribution in [0, 0.1) is 0 Å². The molecule has 0 unspecified atom stereocenters. The van der Waals surface area contributed by atoms with E-state index in [4.69, 9.17) is 16.3 Å². The maximum atomic E-state index is 13.1. The highest BCUT2D eigenvalue weighted by Crippen LogP contribution is 2.31. The van der Waals surface area contributed by atoms with E-state index in [-0.39, 0.29) is 23.3 Å². The van der Waals surface area contributed by atoms with Crippen LogP contribution in [-0.4, -0.2) is 19.0 Å². The molecule has 1 atom stereocenters. The monoisotopic (exact) mass is 491 g/mol. The largest absolute Gasteiger partial charge is 0.486 e. The molecule has 0 amide bonds. The summed E-state index contributed by atoms with van der Waals surface area (Å²) in [6.45, 7) is -0.165. The van der Waals surface area contributed by atoms with Gasteiger partial charge in [-0.05, 0) is 48.0 Å². The summed E-state index contributed by atoms with van der Waals surface area (Å²) in [5, 5.41) is 8.99. The second kappa shape index (κ2) is 9.76. The predicted molar refractivity (Wildman–Crippen MR) is 119 cm³/mol. The van der Waals surface area contributed by atoms with E-state index >= 15 is 0 Å². The summed E-state index contributed by atoms with van der Waals surface area (Å²) in [5.41, 5.74) is 0.654. The van der Waals surface area contributed by atoms with Crippen molar-refractivity contribution in [3.05, 3.63) is 101 Å². The van der Waals surface area contributed by atoms with Gasteiger partial charge in [0.15, 0.2) is 5.82 Å². The summed E-state index contributed by atoms with van der Waals surface area (Å²) in [7, 11) is -1.55. The molecular formula is C23H17ClF3N3O2S. The van der Waals surface area contributed by atoms with Crippen molar-refractivity contribution in [3.63, 3.8) is 0 Å². The highest BCUT2D eigenvalue weighted by Gasteiger charge is 2.30. The highest BCUT2D eigenvalue weighted by molar-refractivity contribution is 7.84. The van der Waals surface area contributed by atoms with E-state index in [0.717, 1.165) is 17.7 Å². The van der Waals surface area contributed by atoms with Crippen LogP contribution in [0.4, 0.5) is 13.2 Å². The summed E-state index contributed by atoms with van der Waals surface area (Å²) >= 11 is 5.92. The van der Waals surface area contributed by atoms with Crippen LogP contribution in [0.3, 0.4) is 0 Å². The number of para-hydroxylation sites is 1. The molecule has 1 heterocycles. The molecule has 5 nitrogen and oxygen atoms in total. The van der Waals surface area contributed by atoms with Crippen molar-refractivity contribution in [2.24, 2.45) is 0 Å². The van der Waals surface area contributed by atoms with E-state index in [1.54, 1.807) is 53.1 Å². The van der Waals surface area contributed by atoms with Gasteiger partial charge in [-0.25, -0.2) is 0 Å². The smallest absolute Gasteiger partial charge is 0.416 e. The van der Waals surface area contributed by atoms with Crippen molar-refractivity contribution >= 4 is 22.4 Å². The first-order valence-electron chi connectivity index (χ1n) is 9.74. The van der Waals surface area contributed by atoms with E-state index < -0.39 is 22.5 Å². The number of alkyl halides is 3. The summed E-state index contributed by atoms with van der Waals surface area (Å²) in [6, 6.07) is 20.6. The number of benzene rings is 3. The second-order valence-corrected chi connectivity index (χ2v) is 8.78. The highest BCUT2D eigenvalue weighted by atomic mass is 35.5. The fraction of sp³-hybridized carbons (Fsp3) is 0.130. The average Bonchev–Trinajstić information content (AvgIpc) is 3.23. The van der Waals surface area contributed by atoms with Crippen LogP contribution < -0.4 is 4.74 Å². The number of ether oxygens (including phenoxy) is 1. The van der Waals surface area contributed by atoms with E-state index in [0.29, 0.717) is 16.5 Å². The van der Waals surface area contributed by atoms with Gasteiger partial charge >= 0.3 is 6.18 Å². The molecule has 0 bridgehead atoms. The number of halogens is 4. The molecule has 4 rings (SSSR count). The maximum Gasteiger partial charge on any atom is 0.416 e. The van der Waals surface area contributed by atoms with E-state index in [1.807, 2.05) is 6.07 Å². The molecular weight excluding hydrogens is 475 g/mol. The van der Waals surface area contributed by atoms with E-state index in [1.165, 1.54) is 12.1 Å². The van der Waals surface area contributed by atoms with Gasteiger partial charge in [0.2, 0.25) is 5.16 Å². The van der Waals surface area contributed by atoms with Crippen LogP contribution in [0.2, 0.25) is 5.02 Å². The second-order valence-electron chi connectivity index (χ2n) is 7.00. The Morgan fingerprint density at radius 2 is 1.67 bits per heavy atom. The first-order chi connectivity index (χ1) is 15.8. The quantitative estimate of drug-likeness (QED) is 0.326. The minimum absolute atomic E-state index is 0.0382. The average molecular weight is 492 g/mol. The summed E-state index contributed by atoms with van der Waals surface area (Å²) < 4.78 is 59.3. The lowest BCUT2D eigenvalue weighted by Gasteiger charge is -2.12. The first-order valence-corrected chi connectivity index (χ1v) is 11.4. The van der Waals surface area contributed by atoms with Gasteiger partial charge in [-0.3, -0.25) is 8.78 Å². The van der Waals surface area contributed by atoms with Crippen molar-refractivity contribution in [1.29, 1.82) is 0 Å². The Bertz CT molecular complexity index is 1260. The molecule has 0 fully saturated rings. The van der Waals surface area contributed by atoms with Gasteiger partial charge in [0.05, 0.1) is 22.1 Å². The molecule has 0 radical (unpaired) electrons. The molecule has 10 heteroatoms. The van der Waals surface area contributed by atoms with Crippen molar-refractivity contribution in [2.75, 3.05) is 0 Å². The maximum absolute atomic E-state index is 13.1. The van der Waals surface area contributed by atoms with Gasteiger partial charge in [-0.15, -0.1) is 10.2 Å². The number of hydrogen-bond donors (Lipinski definition) is 0. The van der Waals surface area contributed by atoms with Gasteiger partial charge < -0.3 is 4.74 Å². The Morgan fingerprint density at radius 1 is 0.939 bits per heavy atom. The van der Waals surface area contributed by atoms with Crippen LogP contribution in [-0.2, 0) is 29.3 Å². The number of rotatable bonds is 7. The Kier molecular flexibility index (Phi) is 6.80. The summed E-state index contributed by atoms with van der Waals surface area (Å²) in [5.74, 6) is 0.533. The topological polar surface area (TPSA) is 57.0 Å². The minimum atomic E-state index is -4.48. The molecule has 0 saturated heterocycles. The molecule has 0 N–H and O–H groups in total. The van der Waals surface area contributed by atoms with E-state index in [2.05, 4.69) is 10.2 Å². The van der Waals surface area contributed by atoms with Crippen LogP contribution in [0.5, 0.6) is 5.75 Å². The molecule has 3 aromatic carbocycles. The zero-order valence-electron chi connectivity index (χ0n) is 17.0. The van der Waals surface area contributed by atoms with Crippen molar-refractivity contribution in [3.8, 4) is 11.4 Å². The molecule has 33 heavy (non-hydrogen) atoms. The van der Waals surface area contributed by atoms with Crippen LogP contribution in [0.25, 0.3) is 5.69 Å². The number of nitrogens with zero attached hydrogens (tertiary/aromatic N) is 3. The number of aromatic nitrogens is 3. The normalized spacial score (nSPS) is 12.5. The molecule has 0 aliphatic carbocycles. The molecule has 1 aromatic heterocycles. The molecule has 170 valence electrons. The Hall–Kier alpha value is -3.17. The minimum Gasteiger partial charge on any atom is -0.486 e. The third-order valence-corrected chi connectivity index (χ3v) is 6.18. The van der Waals surface area contributed by atoms with Gasteiger partial charge in [0.25, 0.3) is 0 Å². The Morgan fingerprint density at radius 3 is 2.36 bits per heavy atom. The zero-order valence-corrected chi connectivity index (χ0v) is 18.6. The lowest BCUT2D eigenvalue weighted by atomic mass is 10.2. The number of hydrogen-bond acceptors (Lipinski definition) is 4. The fourth-order valence-corrected chi connectivity index (χ4v) is 4.38. The van der Waals surface area contributed by atoms with Crippen molar-refractivity contribution in [1.82, 2.24) is 14.8 Å². The van der Waals surface area contributed by atoms with Gasteiger partial charge in [-0.2, -0.15) is 13.2 Å². The molecule has 0 aliphatic rings. The molecule has 4 aromatic rings. The third-order valence-electron chi connectivity index (χ3n) is 4.66. The lowest BCUT2D eigenvalue weighted by molar-refractivity contribution is -0.137. The lowest BCUT2D eigenvalue weighted by Crippen LogP contribution is -2.11. The van der Waals surface area contributed by atoms with Crippen molar-refractivity contribution < 1.29 is 22.1 Å². The standard InChI is InChI=1S/C23H17ClF3N3O2S/c24-18-11-9-16(10-12-18)15-33(31)22-29-28-21(30(22)19-6-2-1-3-7-19)14-32-20-8-4-5-17(13-20)23(25,26)27/h1-13H,14-15H2/t33-/m0/s1. The van der Waals surface area contributed by atoms with Gasteiger partial charge in [0.1, 0.15) is 12.4 Å². The van der Waals surface area contributed by atoms with Gasteiger partial charge in [-0.1, -0.05) is 48.0 Å². The molecule has 0 spiro atoms. The van der Waals surface area contributed by atoms with Gasteiger partial charge in [0, 0.05) is 10.7 Å². The van der Waals surface area contributed by atoms with Crippen molar-refractivity contribution in [2.45, 2.75) is 23.7 Å². The zero-order chi connectivity index (χ0) is 23.4. The SMILES string of the molecule is O=[S@@](Cc1ccc(Cl)cc1)c1nnc(COc2cccc(C(F)(F)F)c2)n1-c1ccccc1. The fourth-order valence-electron chi connectivity index (χ4n) is 3.08. The van der Waals surface area contributed by atoms with Crippen LogP contribution >= 0.6 is 11.6 Å². The Balaban J connectivity index is 1.62. The summed E-state index contributed by atoms with van der Waals surface area (Å²) in [6.07, 6.45) is -4.48. The summed E-state index contributed by atoms with van der Waals surface area (Å²) in [4.78, 5) is 0. The first kappa shape index (κ1) is 23.0. The Labute approximate surface area is 195 Å². The van der Waals surface area contributed by atoms with Crippen LogP contribution in [0.1, 0.15) is 17.0 Å². The van der Waals surface area contributed by atoms with Crippen LogP contribution in [0.15, 0.2) is 84.0 Å². The molecule has 0 saturated carbocycles. The van der Waals surface area contributed by atoms with E-state index in [9.17, 15) is 17.4 Å².